The van der Waals surface area contributed by atoms with E-state index in [-0.39, 0.29) is 24.5 Å². The minimum Gasteiger partial charge on any atom is -0.376 e. The Labute approximate surface area is 171 Å². The molecule has 0 spiro atoms. The molecule has 2 heterocycles. The number of nitrogens with zero attached hydrogens (tertiary/aromatic N) is 3. The van der Waals surface area contributed by atoms with Crippen molar-refractivity contribution in [1.82, 2.24) is 14.7 Å². The van der Waals surface area contributed by atoms with Gasteiger partial charge >= 0.3 is 0 Å². The van der Waals surface area contributed by atoms with Crippen molar-refractivity contribution in [2.75, 3.05) is 25.0 Å². The molecule has 1 aliphatic rings. The van der Waals surface area contributed by atoms with Gasteiger partial charge in [0.2, 0.25) is 11.8 Å². The van der Waals surface area contributed by atoms with Gasteiger partial charge in [0.15, 0.2) is 0 Å². The third-order valence-corrected chi connectivity index (χ3v) is 5.12. The molecule has 3 rings (SSSR count). The minimum atomic E-state index is -0.222. The van der Waals surface area contributed by atoms with E-state index < -0.39 is 0 Å². The summed E-state index contributed by atoms with van der Waals surface area (Å²) in [6.45, 7) is 5.05. The normalized spacial score (nSPS) is 16.3. The second-order valence-electron chi connectivity index (χ2n) is 7.43. The van der Waals surface area contributed by atoms with Gasteiger partial charge < -0.3 is 15.0 Å². The number of carbonyl (C=O) groups is 2. The lowest BCUT2D eigenvalue weighted by molar-refractivity contribution is -0.131. The first-order valence-corrected chi connectivity index (χ1v) is 9.85. The Bertz CT molecular complexity index is 897. The minimum absolute atomic E-state index is 0.0244. The Kier molecular flexibility index (Phi) is 6.82. The summed E-state index contributed by atoms with van der Waals surface area (Å²) in [5.41, 5.74) is 3.73. The maximum Gasteiger partial charge on any atom is 0.247 e. The van der Waals surface area contributed by atoms with Crippen LogP contribution in [-0.4, -0.2) is 52.3 Å². The molecule has 1 aliphatic heterocycles. The zero-order valence-electron chi connectivity index (χ0n) is 17.2. The van der Waals surface area contributed by atoms with Crippen molar-refractivity contribution in [3.05, 3.63) is 53.4 Å². The summed E-state index contributed by atoms with van der Waals surface area (Å²) in [5, 5.41) is 7.02. The van der Waals surface area contributed by atoms with Gasteiger partial charge in [-0.15, -0.1) is 0 Å². The van der Waals surface area contributed by atoms with Crippen molar-refractivity contribution >= 4 is 23.6 Å². The van der Waals surface area contributed by atoms with Crippen LogP contribution in [0.15, 0.2) is 36.7 Å². The lowest BCUT2D eigenvalue weighted by Crippen LogP contribution is -2.41. The highest BCUT2D eigenvalue weighted by Crippen LogP contribution is 2.18. The first-order chi connectivity index (χ1) is 13.9. The van der Waals surface area contributed by atoms with Crippen LogP contribution in [0.4, 0.5) is 5.69 Å². The average molecular weight is 396 g/mol. The number of benzene rings is 1. The van der Waals surface area contributed by atoms with Crippen LogP contribution in [0.25, 0.3) is 6.08 Å². The van der Waals surface area contributed by atoms with E-state index in [1.165, 1.54) is 6.08 Å². The average Bonchev–Trinajstić information content (AvgIpc) is 3.34. The molecule has 1 fully saturated rings. The number of nitrogens with one attached hydrogen (secondary N) is 1. The van der Waals surface area contributed by atoms with Gasteiger partial charge in [-0.2, -0.15) is 5.10 Å². The lowest BCUT2D eigenvalue weighted by Gasteiger charge is -2.24. The molecule has 1 aromatic carbocycles. The Morgan fingerprint density at radius 3 is 2.90 bits per heavy atom. The fraction of sp³-hybridized carbons (Fsp3) is 0.409. The summed E-state index contributed by atoms with van der Waals surface area (Å²) in [7, 11) is 1.82. The van der Waals surface area contributed by atoms with E-state index in [9.17, 15) is 9.59 Å². The van der Waals surface area contributed by atoms with E-state index in [0.29, 0.717) is 13.2 Å². The highest BCUT2D eigenvalue weighted by atomic mass is 16.5. The van der Waals surface area contributed by atoms with E-state index in [4.69, 9.17) is 4.74 Å². The summed E-state index contributed by atoms with van der Waals surface area (Å²) < 4.78 is 7.34. The van der Waals surface area contributed by atoms with Gasteiger partial charge in [0.1, 0.15) is 6.54 Å². The molecule has 154 valence electrons. The van der Waals surface area contributed by atoms with E-state index in [2.05, 4.69) is 10.4 Å². The molecular formula is C22H28N4O3. The van der Waals surface area contributed by atoms with Crippen molar-refractivity contribution in [2.24, 2.45) is 7.05 Å². The van der Waals surface area contributed by atoms with Gasteiger partial charge in [-0.25, -0.2) is 0 Å². The molecule has 1 saturated heterocycles. The van der Waals surface area contributed by atoms with Crippen LogP contribution < -0.4 is 5.32 Å². The quantitative estimate of drug-likeness (QED) is 0.730. The van der Waals surface area contributed by atoms with Crippen molar-refractivity contribution in [3.8, 4) is 0 Å². The third kappa shape index (κ3) is 5.77. The molecule has 0 saturated carbocycles. The molecule has 0 aliphatic carbocycles. The van der Waals surface area contributed by atoms with Gasteiger partial charge in [0.05, 0.1) is 12.3 Å². The van der Waals surface area contributed by atoms with Gasteiger partial charge in [-0.3, -0.25) is 14.3 Å². The summed E-state index contributed by atoms with van der Waals surface area (Å²) in [4.78, 5) is 27.0. The van der Waals surface area contributed by atoms with Gasteiger partial charge in [0.25, 0.3) is 0 Å². The zero-order valence-corrected chi connectivity index (χ0v) is 17.2. The van der Waals surface area contributed by atoms with Crippen LogP contribution in [0.5, 0.6) is 0 Å². The first kappa shape index (κ1) is 20.8. The molecule has 29 heavy (non-hydrogen) atoms. The first-order valence-electron chi connectivity index (χ1n) is 9.85. The monoisotopic (exact) mass is 396 g/mol. The van der Waals surface area contributed by atoms with Crippen LogP contribution in [0.2, 0.25) is 0 Å². The second-order valence-corrected chi connectivity index (χ2v) is 7.43. The number of rotatable bonds is 7. The molecule has 1 N–H and O–H groups in total. The number of ether oxygens (including phenoxy) is 1. The van der Waals surface area contributed by atoms with E-state index in [1.807, 2.05) is 45.3 Å². The maximum atomic E-state index is 12.8. The molecule has 1 unspecified atom stereocenters. The third-order valence-electron chi connectivity index (χ3n) is 5.12. The Morgan fingerprint density at radius 1 is 1.38 bits per heavy atom. The number of carbonyl (C=O) groups excluding carboxylic acids is 2. The SMILES string of the molecule is Cc1cccc(NC(=O)CN(CC2CCCO2)C(=O)/C=C/c2cnn(C)c2)c1C. The number of anilines is 1. The maximum absolute atomic E-state index is 12.8. The molecule has 7 nitrogen and oxygen atoms in total. The molecule has 2 amide bonds. The highest BCUT2D eigenvalue weighted by molar-refractivity contribution is 5.98. The number of hydrogen-bond donors (Lipinski definition) is 1. The van der Waals surface area contributed by atoms with Crippen molar-refractivity contribution in [1.29, 1.82) is 0 Å². The summed E-state index contributed by atoms with van der Waals surface area (Å²) in [6, 6.07) is 5.78. The summed E-state index contributed by atoms with van der Waals surface area (Å²) in [5.74, 6) is -0.444. The van der Waals surface area contributed by atoms with Crippen LogP contribution >= 0.6 is 0 Å². The molecule has 1 aromatic heterocycles. The van der Waals surface area contributed by atoms with E-state index in [1.54, 1.807) is 21.9 Å². The van der Waals surface area contributed by atoms with Crippen molar-refractivity contribution < 1.29 is 14.3 Å². The van der Waals surface area contributed by atoms with E-state index in [0.717, 1.165) is 35.2 Å². The molecular weight excluding hydrogens is 368 g/mol. The molecule has 1 atom stereocenters. The highest BCUT2D eigenvalue weighted by Gasteiger charge is 2.23. The fourth-order valence-electron chi connectivity index (χ4n) is 3.32. The zero-order chi connectivity index (χ0) is 20.8. The Balaban J connectivity index is 1.68. The summed E-state index contributed by atoms with van der Waals surface area (Å²) >= 11 is 0. The van der Waals surface area contributed by atoms with Gasteiger partial charge in [0, 0.05) is 43.7 Å². The predicted molar refractivity (Wildman–Crippen MR) is 112 cm³/mol. The largest absolute Gasteiger partial charge is 0.376 e. The topological polar surface area (TPSA) is 76.5 Å². The molecule has 7 heteroatoms. The number of aromatic nitrogens is 2. The van der Waals surface area contributed by atoms with Crippen LogP contribution in [-0.2, 0) is 21.4 Å². The van der Waals surface area contributed by atoms with Crippen LogP contribution in [0, 0.1) is 13.8 Å². The van der Waals surface area contributed by atoms with Crippen LogP contribution in [0.1, 0.15) is 29.5 Å². The molecule has 2 aromatic rings. The second kappa shape index (κ2) is 9.52. The Morgan fingerprint density at radius 2 is 2.21 bits per heavy atom. The number of amides is 2. The Hall–Kier alpha value is -2.93. The van der Waals surface area contributed by atoms with Crippen LogP contribution in [0.3, 0.4) is 0 Å². The van der Waals surface area contributed by atoms with Crippen molar-refractivity contribution in [2.45, 2.75) is 32.8 Å². The van der Waals surface area contributed by atoms with E-state index >= 15 is 0 Å². The van der Waals surface area contributed by atoms with Gasteiger partial charge in [-0.1, -0.05) is 12.1 Å². The molecule has 0 bridgehead atoms. The number of hydrogen-bond acceptors (Lipinski definition) is 4. The van der Waals surface area contributed by atoms with Crippen molar-refractivity contribution in [3.63, 3.8) is 0 Å². The molecule has 0 radical (unpaired) electrons. The standard InChI is InChI=1S/C22H28N4O3/c1-16-6-4-8-20(17(16)2)24-21(27)15-26(14-19-7-5-11-29-19)22(28)10-9-18-12-23-25(3)13-18/h4,6,8-10,12-13,19H,5,7,11,14-15H2,1-3H3,(H,24,27)/b10-9+. The fourth-order valence-corrected chi connectivity index (χ4v) is 3.32. The number of aryl methyl sites for hydroxylation is 2. The van der Waals surface area contributed by atoms with Gasteiger partial charge in [-0.05, 0) is 50.0 Å². The lowest BCUT2D eigenvalue weighted by atomic mass is 10.1. The smallest absolute Gasteiger partial charge is 0.247 e. The summed E-state index contributed by atoms with van der Waals surface area (Å²) in [6.07, 6.45) is 8.54. The predicted octanol–water partition coefficient (Wildman–Crippen LogP) is 2.70.